The average molecular weight is 308 g/mol. The molecule has 0 aromatic heterocycles. The zero-order valence-corrected chi connectivity index (χ0v) is 12.5. The molecule has 0 radical (unpaired) electrons. The smallest absolute Gasteiger partial charge is 1.00 e. The Morgan fingerprint density at radius 3 is 1.19 bits per heavy atom. The predicted molar refractivity (Wildman–Crippen MR) is 49.3 cm³/mol. The molecule has 0 saturated heterocycles. The number of hydrogen-bond donors (Lipinski definition) is 3. The molecule has 0 amide bonds. The first-order valence-electron chi connectivity index (χ1n) is 3.18. The Hall–Kier alpha value is 0.730. The Bertz CT molecular complexity index is 484. The van der Waals surface area contributed by atoms with Crippen LogP contribution < -0.4 is 29.6 Å². The van der Waals surface area contributed by atoms with Crippen molar-refractivity contribution in [1.29, 1.82) is 0 Å². The fourth-order valence-electron chi connectivity index (χ4n) is 0.690. The molecule has 9 nitrogen and oxygen atoms in total. The van der Waals surface area contributed by atoms with E-state index in [9.17, 15) is 25.3 Å². The summed E-state index contributed by atoms with van der Waals surface area (Å²) in [5, 5.41) is -2.33. The van der Waals surface area contributed by atoms with Gasteiger partial charge in [-0.2, -0.15) is 25.3 Å². The third kappa shape index (κ3) is 9.92. The van der Waals surface area contributed by atoms with E-state index in [2.05, 4.69) is 0 Å². The molecular formula is C3H9NaO9S3. The van der Waals surface area contributed by atoms with Gasteiger partial charge in [0.1, 0.15) is 5.25 Å². The van der Waals surface area contributed by atoms with E-state index in [4.69, 9.17) is 13.7 Å². The molecule has 94 valence electrons. The fourth-order valence-corrected chi connectivity index (χ4v) is 4.42. The molecule has 0 aromatic carbocycles. The SMILES string of the molecule is O=S(=O)(O)CC(CS(=O)(=O)O)S(=O)(=O)O.[H-].[Na+]. The van der Waals surface area contributed by atoms with Crippen LogP contribution in [0.25, 0.3) is 0 Å². The van der Waals surface area contributed by atoms with Gasteiger partial charge in [0.15, 0.2) is 0 Å². The molecule has 13 heteroatoms. The van der Waals surface area contributed by atoms with Crippen molar-refractivity contribution in [2.45, 2.75) is 5.25 Å². The Morgan fingerprint density at radius 1 is 0.812 bits per heavy atom. The van der Waals surface area contributed by atoms with Crippen LogP contribution in [0.2, 0.25) is 0 Å². The van der Waals surface area contributed by atoms with Crippen LogP contribution in [-0.2, 0) is 30.4 Å². The molecule has 0 atom stereocenters. The summed E-state index contributed by atoms with van der Waals surface area (Å²) in [6.07, 6.45) is 0. The van der Waals surface area contributed by atoms with Crippen LogP contribution in [0, 0.1) is 0 Å². The topological polar surface area (TPSA) is 163 Å². The van der Waals surface area contributed by atoms with Crippen molar-refractivity contribution in [3.8, 4) is 0 Å². The van der Waals surface area contributed by atoms with Crippen LogP contribution in [0.15, 0.2) is 0 Å². The second-order valence-electron chi connectivity index (χ2n) is 2.63. The second kappa shape index (κ2) is 6.06. The second-order valence-corrected chi connectivity index (χ2v) is 7.33. The minimum atomic E-state index is -5.01. The fraction of sp³-hybridized carbons (Fsp3) is 1.00. The van der Waals surface area contributed by atoms with E-state index in [1.807, 2.05) is 0 Å². The summed E-state index contributed by atoms with van der Waals surface area (Å²) in [5.41, 5.74) is 0. The summed E-state index contributed by atoms with van der Waals surface area (Å²) in [4.78, 5) is 0. The zero-order chi connectivity index (χ0) is 12.5. The molecule has 0 aliphatic heterocycles. The molecule has 0 rings (SSSR count). The summed E-state index contributed by atoms with van der Waals surface area (Å²) in [6.45, 7) is 0. The molecule has 0 aliphatic rings. The van der Waals surface area contributed by atoms with Gasteiger partial charge in [-0.3, -0.25) is 13.7 Å². The largest absolute Gasteiger partial charge is 1.00 e. The van der Waals surface area contributed by atoms with Gasteiger partial charge >= 0.3 is 29.6 Å². The molecule has 0 bridgehead atoms. The van der Waals surface area contributed by atoms with Crippen LogP contribution in [0.4, 0.5) is 0 Å². The Labute approximate surface area is 116 Å². The van der Waals surface area contributed by atoms with Gasteiger partial charge in [0.05, 0.1) is 11.5 Å². The molecular weight excluding hydrogens is 299 g/mol. The molecule has 0 spiro atoms. The van der Waals surface area contributed by atoms with Gasteiger partial charge in [0.25, 0.3) is 30.4 Å². The molecule has 0 fully saturated rings. The van der Waals surface area contributed by atoms with Crippen molar-refractivity contribution in [2.75, 3.05) is 11.5 Å². The van der Waals surface area contributed by atoms with Crippen molar-refractivity contribution in [2.24, 2.45) is 0 Å². The molecule has 0 saturated carbocycles. The van der Waals surface area contributed by atoms with Gasteiger partial charge in [-0.1, -0.05) is 0 Å². The summed E-state index contributed by atoms with van der Waals surface area (Å²) in [7, 11) is -14.6. The maximum absolute atomic E-state index is 10.5. The van der Waals surface area contributed by atoms with E-state index < -0.39 is 47.1 Å². The van der Waals surface area contributed by atoms with Crippen molar-refractivity contribution in [3.63, 3.8) is 0 Å². The van der Waals surface area contributed by atoms with Gasteiger partial charge in [-0.15, -0.1) is 0 Å². The van der Waals surface area contributed by atoms with Crippen molar-refractivity contribution in [3.05, 3.63) is 0 Å². The van der Waals surface area contributed by atoms with E-state index in [0.29, 0.717) is 0 Å². The maximum Gasteiger partial charge on any atom is 1.00 e. The summed E-state index contributed by atoms with van der Waals surface area (Å²) < 4.78 is 87.1. The molecule has 0 aromatic rings. The first kappa shape index (κ1) is 19.1. The summed E-state index contributed by atoms with van der Waals surface area (Å²) >= 11 is 0. The van der Waals surface area contributed by atoms with E-state index in [0.717, 1.165) is 0 Å². The Balaban J connectivity index is -0.000000980. The van der Waals surface area contributed by atoms with Gasteiger partial charge in [-0.25, -0.2) is 0 Å². The monoisotopic (exact) mass is 308 g/mol. The minimum Gasteiger partial charge on any atom is -1.00 e. The maximum atomic E-state index is 10.5. The van der Waals surface area contributed by atoms with E-state index in [-0.39, 0.29) is 31.0 Å². The molecule has 16 heavy (non-hydrogen) atoms. The van der Waals surface area contributed by atoms with Crippen LogP contribution in [0.3, 0.4) is 0 Å². The quantitative estimate of drug-likeness (QED) is 0.333. The molecule has 3 N–H and O–H groups in total. The van der Waals surface area contributed by atoms with Crippen LogP contribution in [0.1, 0.15) is 1.43 Å². The molecule has 0 heterocycles. The summed E-state index contributed by atoms with van der Waals surface area (Å²) in [6, 6.07) is 0. The van der Waals surface area contributed by atoms with Crippen LogP contribution in [0.5, 0.6) is 0 Å². The summed E-state index contributed by atoms with van der Waals surface area (Å²) in [5.74, 6) is -3.04. The van der Waals surface area contributed by atoms with Crippen LogP contribution >= 0.6 is 0 Å². The van der Waals surface area contributed by atoms with Gasteiger partial charge in [0.2, 0.25) is 0 Å². The van der Waals surface area contributed by atoms with E-state index in [1.165, 1.54) is 0 Å². The van der Waals surface area contributed by atoms with Gasteiger partial charge in [0, 0.05) is 0 Å². The molecule has 0 aliphatic carbocycles. The van der Waals surface area contributed by atoms with Gasteiger partial charge in [-0.05, 0) is 0 Å². The van der Waals surface area contributed by atoms with E-state index in [1.54, 1.807) is 0 Å². The Kier molecular flexibility index (Phi) is 7.23. The number of hydrogen-bond acceptors (Lipinski definition) is 6. The van der Waals surface area contributed by atoms with Crippen molar-refractivity contribution in [1.82, 2.24) is 0 Å². The van der Waals surface area contributed by atoms with E-state index >= 15 is 0 Å². The van der Waals surface area contributed by atoms with Crippen LogP contribution in [-0.4, -0.2) is 55.7 Å². The first-order chi connectivity index (χ1) is 6.31. The molecule has 0 unspecified atom stereocenters. The van der Waals surface area contributed by atoms with Crippen molar-refractivity contribution >= 4 is 30.4 Å². The third-order valence-corrected chi connectivity index (χ3v) is 4.46. The minimum absolute atomic E-state index is 0. The number of rotatable bonds is 5. The standard InChI is InChI=1S/C3H8O9S3.Na.H/c4-13(5,6)1-3(15(10,11)12)2-14(7,8)9;;/h3H,1-2H2,(H,4,5,6)(H,7,8,9)(H,10,11,12);;/q;+1;-1. The Morgan fingerprint density at radius 2 is 1.06 bits per heavy atom. The third-order valence-electron chi connectivity index (χ3n) is 1.21. The van der Waals surface area contributed by atoms with Gasteiger partial charge < -0.3 is 1.43 Å². The zero-order valence-electron chi connectivity index (χ0n) is 9.01. The first-order valence-corrected chi connectivity index (χ1v) is 7.90. The average Bonchev–Trinajstić information content (AvgIpc) is 1.75. The van der Waals surface area contributed by atoms with Crippen molar-refractivity contribution < 1.29 is 69.9 Å². The predicted octanol–water partition coefficient (Wildman–Crippen LogP) is -4.87. The normalized spacial score (nSPS) is 13.5.